The summed E-state index contributed by atoms with van der Waals surface area (Å²) in [6.45, 7) is 2.77. The van der Waals surface area contributed by atoms with Crippen molar-refractivity contribution in [1.29, 1.82) is 0 Å². The lowest BCUT2D eigenvalue weighted by Gasteiger charge is -2.29. The summed E-state index contributed by atoms with van der Waals surface area (Å²) >= 11 is 3.82. The Labute approximate surface area is 298 Å². The predicted octanol–water partition coefficient (Wildman–Crippen LogP) is 14.1. The minimum Gasteiger partial charge on any atom is -0.274 e. The maximum absolute atomic E-state index is 14.0. The maximum atomic E-state index is 14.0. The molecule has 0 saturated heterocycles. The minimum atomic E-state index is -0.153. The number of hydrogen-bond acceptors (Lipinski definition) is 2. The molecule has 1 aliphatic heterocycles. The summed E-state index contributed by atoms with van der Waals surface area (Å²) in [7, 11) is 0. The summed E-state index contributed by atoms with van der Waals surface area (Å²) in [6, 6.07) is 18.2. The summed E-state index contributed by atoms with van der Waals surface area (Å²) < 4.78 is 0.942. The number of halogens is 1. The largest absolute Gasteiger partial charge is 0.274 e. The highest BCUT2D eigenvalue weighted by atomic mass is 79.9. The zero-order valence-electron chi connectivity index (χ0n) is 29.6. The third-order valence-corrected chi connectivity index (χ3v) is 11.5. The molecule has 0 spiro atoms. The van der Waals surface area contributed by atoms with Crippen LogP contribution in [0.5, 0.6) is 0 Å². The van der Waals surface area contributed by atoms with Crippen molar-refractivity contribution in [1.82, 2.24) is 4.90 Å². The zero-order valence-corrected chi connectivity index (χ0v) is 31.2. The van der Waals surface area contributed by atoms with Gasteiger partial charge in [-0.15, -0.1) is 0 Å². The fraction of sp³-hybridized carbons (Fsp3) is 0.545. The van der Waals surface area contributed by atoms with Gasteiger partial charge < -0.3 is 0 Å². The van der Waals surface area contributed by atoms with Crippen LogP contribution in [0.2, 0.25) is 0 Å². The standard InChI is InChI=1S/C44H58BrNO2/c1-2-3-4-5-6-7-8-9-10-11-12-13-14-15-16-17-18-19-20-21-22-27-32-46-43(47)40-35-29-24-23-28-34(35)33-38-39(40)41(44(46)48)36-30-25-26-31-37(36)42(38)45/h23-26,28-31,33H,2-22,27,32H2,1H3. The van der Waals surface area contributed by atoms with E-state index >= 15 is 0 Å². The van der Waals surface area contributed by atoms with Crippen LogP contribution < -0.4 is 0 Å². The van der Waals surface area contributed by atoms with E-state index in [2.05, 4.69) is 41.1 Å². The number of benzene rings is 4. The van der Waals surface area contributed by atoms with Crippen molar-refractivity contribution < 1.29 is 9.59 Å². The molecule has 0 bridgehead atoms. The molecule has 0 atom stereocenters. The van der Waals surface area contributed by atoms with Gasteiger partial charge in [-0.3, -0.25) is 14.5 Å². The molecule has 48 heavy (non-hydrogen) atoms. The fourth-order valence-electron chi connectivity index (χ4n) is 7.84. The van der Waals surface area contributed by atoms with Crippen molar-refractivity contribution in [3.63, 3.8) is 0 Å². The molecular formula is C44H58BrNO2. The van der Waals surface area contributed by atoms with Crippen LogP contribution in [-0.2, 0) is 0 Å². The number of amides is 2. The monoisotopic (exact) mass is 711 g/mol. The molecule has 1 heterocycles. The Kier molecular flexibility index (Phi) is 14.8. The highest BCUT2D eigenvalue weighted by Gasteiger charge is 2.36. The lowest BCUT2D eigenvalue weighted by atomic mass is 9.86. The Hall–Kier alpha value is -2.72. The predicted molar refractivity (Wildman–Crippen MR) is 209 cm³/mol. The van der Waals surface area contributed by atoms with E-state index in [1.54, 1.807) is 0 Å². The topological polar surface area (TPSA) is 37.4 Å². The van der Waals surface area contributed by atoms with E-state index in [1.165, 1.54) is 133 Å². The third kappa shape index (κ3) is 9.29. The van der Waals surface area contributed by atoms with Gasteiger partial charge in [0.15, 0.2) is 0 Å². The molecule has 2 amide bonds. The van der Waals surface area contributed by atoms with Gasteiger partial charge in [0.05, 0.1) is 11.1 Å². The van der Waals surface area contributed by atoms with E-state index in [4.69, 9.17) is 0 Å². The van der Waals surface area contributed by atoms with Crippen molar-refractivity contribution in [2.24, 2.45) is 0 Å². The van der Waals surface area contributed by atoms with Gasteiger partial charge in [-0.25, -0.2) is 0 Å². The average molecular weight is 713 g/mol. The average Bonchev–Trinajstić information content (AvgIpc) is 3.10. The van der Waals surface area contributed by atoms with E-state index in [1.807, 2.05) is 36.4 Å². The third-order valence-electron chi connectivity index (χ3n) is 10.6. The van der Waals surface area contributed by atoms with Crippen molar-refractivity contribution >= 4 is 60.1 Å². The number of nitrogens with zero attached hydrogens (tertiary/aromatic N) is 1. The second kappa shape index (κ2) is 19.5. The summed E-state index contributed by atoms with van der Waals surface area (Å²) in [5, 5.41) is 5.58. The van der Waals surface area contributed by atoms with Gasteiger partial charge in [-0.2, -0.15) is 0 Å². The van der Waals surface area contributed by atoms with Gasteiger partial charge in [0.25, 0.3) is 11.8 Å². The summed E-state index contributed by atoms with van der Waals surface area (Å²) in [6.07, 6.45) is 29.7. The van der Waals surface area contributed by atoms with Crippen LogP contribution >= 0.6 is 15.9 Å². The normalized spacial score (nSPS) is 13.1. The molecule has 0 fully saturated rings. The number of carbonyl (C=O) groups is 2. The van der Waals surface area contributed by atoms with Crippen LogP contribution in [0, 0.1) is 0 Å². The first-order chi connectivity index (χ1) is 23.6. The van der Waals surface area contributed by atoms with Crippen molar-refractivity contribution in [2.75, 3.05) is 6.54 Å². The van der Waals surface area contributed by atoms with Crippen molar-refractivity contribution in [2.45, 2.75) is 148 Å². The van der Waals surface area contributed by atoms with Gasteiger partial charge in [-0.1, -0.05) is 190 Å². The maximum Gasteiger partial charge on any atom is 0.262 e. The number of hydrogen-bond donors (Lipinski definition) is 0. The summed E-state index contributed by atoms with van der Waals surface area (Å²) in [5.74, 6) is -0.306. The number of carbonyl (C=O) groups excluding carboxylic acids is 2. The smallest absolute Gasteiger partial charge is 0.262 e. The van der Waals surface area contributed by atoms with Crippen molar-refractivity contribution in [3.05, 3.63) is 70.2 Å². The van der Waals surface area contributed by atoms with Crippen LogP contribution in [0.15, 0.2) is 59.1 Å². The lowest BCUT2D eigenvalue weighted by molar-refractivity contribution is 0.0610. The molecule has 0 saturated carbocycles. The molecular weight excluding hydrogens is 654 g/mol. The lowest BCUT2D eigenvalue weighted by Crippen LogP contribution is -2.41. The highest BCUT2D eigenvalue weighted by molar-refractivity contribution is 9.10. The molecule has 5 rings (SSSR count). The molecule has 4 aromatic carbocycles. The number of unbranched alkanes of at least 4 members (excludes halogenated alkanes) is 21. The Balaban J connectivity index is 0.974. The molecule has 3 nitrogen and oxygen atoms in total. The molecule has 258 valence electrons. The van der Waals surface area contributed by atoms with E-state index in [0.29, 0.717) is 17.7 Å². The van der Waals surface area contributed by atoms with Gasteiger partial charge in [0, 0.05) is 16.4 Å². The Morgan fingerprint density at radius 1 is 0.479 bits per heavy atom. The van der Waals surface area contributed by atoms with Gasteiger partial charge >= 0.3 is 0 Å². The number of rotatable bonds is 23. The first kappa shape index (κ1) is 36.6. The second-order valence-corrected chi connectivity index (χ2v) is 15.1. The van der Waals surface area contributed by atoms with Crippen LogP contribution in [0.25, 0.3) is 32.3 Å². The molecule has 0 N–H and O–H groups in total. The molecule has 0 radical (unpaired) electrons. The van der Waals surface area contributed by atoms with Crippen LogP contribution in [0.1, 0.15) is 169 Å². The first-order valence-corrected chi connectivity index (χ1v) is 20.3. The molecule has 4 aromatic rings. The highest BCUT2D eigenvalue weighted by Crippen LogP contribution is 2.43. The van der Waals surface area contributed by atoms with E-state index in [-0.39, 0.29) is 11.8 Å². The Bertz CT molecular complexity index is 1620. The van der Waals surface area contributed by atoms with Crippen molar-refractivity contribution in [3.8, 4) is 0 Å². The molecule has 4 heteroatoms. The van der Waals surface area contributed by atoms with Gasteiger partial charge in [0.2, 0.25) is 0 Å². The molecule has 0 unspecified atom stereocenters. The summed E-state index contributed by atoms with van der Waals surface area (Å²) in [4.78, 5) is 29.6. The minimum absolute atomic E-state index is 0.153. The SMILES string of the molecule is CCCCCCCCCCCCCCCCCCCCCCCCN1C(=O)c2c3ccccc3cc3c(Br)c4ccccc4c(c23)C1=O. The van der Waals surface area contributed by atoms with E-state index < -0.39 is 0 Å². The van der Waals surface area contributed by atoms with Gasteiger partial charge in [-0.05, 0) is 55.3 Å². The first-order valence-electron chi connectivity index (χ1n) is 19.5. The number of fused-ring (bicyclic) bond motifs is 4. The Morgan fingerprint density at radius 2 is 0.875 bits per heavy atom. The molecule has 0 aromatic heterocycles. The van der Waals surface area contributed by atoms with Crippen LogP contribution in [0.3, 0.4) is 0 Å². The zero-order chi connectivity index (χ0) is 33.6. The Morgan fingerprint density at radius 3 is 1.38 bits per heavy atom. The van der Waals surface area contributed by atoms with E-state index in [9.17, 15) is 9.59 Å². The van der Waals surface area contributed by atoms with Gasteiger partial charge in [0.1, 0.15) is 0 Å². The quantitative estimate of drug-likeness (QED) is 0.0436. The number of imide groups is 1. The van der Waals surface area contributed by atoms with Crippen LogP contribution in [-0.4, -0.2) is 23.3 Å². The molecule has 1 aliphatic rings. The fourth-order valence-corrected chi connectivity index (χ4v) is 8.50. The summed E-state index contributed by atoms with van der Waals surface area (Å²) in [5.41, 5.74) is 1.34. The molecule has 0 aliphatic carbocycles. The second-order valence-electron chi connectivity index (χ2n) is 14.3. The van der Waals surface area contributed by atoms with E-state index in [0.717, 1.165) is 49.6 Å². The van der Waals surface area contributed by atoms with Crippen LogP contribution in [0.4, 0.5) is 0 Å².